The summed E-state index contributed by atoms with van der Waals surface area (Å²) < 4.78 is 10.4. The Balaban J connectivity index is 1.95. The monoisotopic (exact) mass is 323 g/mol. The third-order valence-electron chi connectivity index (χ3n) is 3.40. The van der Waals surface area contributed by atoms with Crippen LogP contribution < -0.4 is 0 Å². The fraction of sp³-hybridized carbons (Fsp3) is 0.500. The first kappa shape index (κ1) is 16.7. The van der Waals surface area contributed by atoms with Crippen molar-refractivity contribution in [1.29, 1.82) is 0 Å². The van der Waals surface area contributed by atoms with Crippen LogP contribution in [0, 0.1) is 0 Å². The van der Waals surface area contributed by atoms with Crippen LogP contribution in [-0.2, 0) is 20.9 Å². The lowest BCUT2D eigenvalue weighted by Gasteiger charge is -2.29. The quantitative estimate of drug-likeness (QED) is 0.797. The molecule has 1 saturated heterocycles. The second-order valence-electron chi connectivity index (χ2n) is 5.46. The van der Waals surface area contributed by atoms with E-state index in [-0.39, 0.29) is 17.8 Å². The molecule has 6 heteroatoms. The summed E-state index contributed by atoms with van der Waals surface area (Å²) in [6.07, 6.45) is -0.409. The summed E-state index contributed by atoms with van der Waals surface area (Å²) in [5.41, 5.74) is 0.933. The number of nitrogens with zero attached hydrogens (tertiary/aromatic N) is 1. The Bertz CT molecular complexity index is 532. The number of rotatable bonds is 4. The lowest BCUT2D eigenvalue weighted by Crippen LogP contribution is -2.42. The average molecular weight is 323 g/mol. The Labute approximate surface area is 135 Å². The number of amides is 1. The van der Waals surface area contributed by atoms with E-state index in [0.29, 0.717) is 13.2 Å². The van der Waals surface area contributed by atoms with Gasteiger partial charge in [0.05, 0.1) is 11.5 Å². The molecule has 1 aromatic rings. The minimum Gasteiger partial charge on any atom is -0.465 e. The van der Waals surface area contributed by atoms with E-state index in [9.17, 15) is 9.59 Å². The number of carbonyl (C=O) groups is 2. The highest BCUT2D eigenvalue weighted by molar-refractivity contribution is 8.02. The third kappa shape index (κ3) is 3.94. The first-order chi connectivity index (χ1) is 10.4. The standard InChI is InChI=1S/C16H21NO4S/c1-4-20-14(18)13-10-17(16(2,3)22-13)15(19)21-11-12-8-6-5-7-9-12/h5-9,13H,4,10-11H2,1-3H3. The van der Waals surface area contributed by atoms with Gasteiger partial charge in [0, 0.05) is 6.54 Å². The minimum absolute atomic E-state index is 0.223. The zero-order valence-corrected chi connectivity index (χ0v) is 13.9. The summed E-state index contributed by atoms with van der Waals surface area (Å²) in [7, 11) is 0. The molecular formula is C16H21NO4S. The fourth-order valence-corrected chi connectivity index (χ4v) is 3.64. The number of hydrogen-bond donors (Lipinski definition) is 0. The molecule has 22 heavy (non-hydrogen) atoms. The number of carbonyl (C=O) groups excluding carboxylic acids is 2. The van der Waals surface area contributed by atoms with Gasteiger partial charge in [-0.2, -0.15) is 0 Å². The molecule has 0 spiro atoms. The summed E-state index contributed by atoms with van der Waals surface area (Å²) >= 11 is 1.42. The van der Waals surface area contributed by atoms with Crippen LogP contribution in [0.5, 0.6) is 0 Å². The number of ether oxygens (including phenoxy) is 2. The van der Waals surface area contributed by atoms with Gasteiger partial charge in [-0.15, -0.1) is 11.8 Å². The van der Waals surface area contributed by atoms with Crippen LogP contribution in [0.4, 0.5) is 4.79 Å². The molecule has 1 unspecified atom stereocenters. The molecule has 0 aromatic heterocycles. The van der Waals surface area contributed by atoms with Gasteiger partial charge in [0.15, 0.2) is 0 Å². The van der Waals surface area contributed by atoms with E-state index in [1.54, 1.807) is 11.8 Å². The second kappa shape index (κ2) is 7.05. The van der Waals surface area contributed by atoms with Crippen LogP contribution in [-0.4, -0.2) is 40.2 Å². The predicted molar refractivity (Wildman–Crippen MR) is 85.4 cm³/mol. The molecule has 1 amide bonds. The normalized spacial score (nSPS) is 19.8. The fourth-order valence-electron chi connectivity index (χ4n) is 2.28. The van der Waals surface area contributed by atoms with Gasteiger partial charge in [-0.05, 0) is 26.3 Å². The van der Waals surface area contributed by atoms with E-state index in [2.05, 4.69) is 0 Å². The maximum Gasteiger partial charge on any atom is 0.411 e. The molecule has 1 aromatic carbocycles. The van der Waals surface area contributed by atoms with Gasteiger partial charge in [0.25, 0.3) is 0 Å². The smallest absolute Gasteiger partial charge is 0.411 e. The number of benzene rings is 1. The molecule has 1 fully saturated rings. The SMILES string of the molecule is CCOC(=O)C1CN(C(=O)OCc2ccccc2)C(C)(C)S1. The first-order valence-electron chi connectivity index (χ1n) is 7.27. The summed E-state index contributed by atoms with van der Waals surface area (Å²) in [5, 5.41) is -0.362. The average Bonchev–Trinajstić information content (AvgIpc) is 2.82. The van der Waals surface area contributed by atoms with Gasteiger partial charge in [-0.3, -0.25) is 9.69 Å². The molecule has 0 aliphatic carbocycles. The summed E-state index contributed by atoms with van der Waals surface area (Å²) in [4.78, 5) is 25.2. The lowest BCUT2D eigenvalue weighted by atomic mass is 10.2. The minimum atomic E-state index is -0.495. The highest BCUT2D eigenvalue weighted by Gasteiger charge is 2.46. The molecule has 0 radical (unpaired) electrons. The van der Waals surface area contributed by atoms with Crippen molar-refractivity contribution >= 4 is 23.8 Å². The first-order valence-corrected chi connectivity index (χ1v) is 8.15. The van der Waals surface area contributed by atoms with Crippen LogP contribution in [0.15, 0.2) is 30.3 Å². The molecule has 1 aliphatic rings. The molecule has 0 saturated carbocycles. The zero-order chi connectivity index (χ0) is 16.2. The van der Waals surface area contributed by atoms with Crippen molar-refractivity contribution in [3.63, 3.8) is 0 Å². The van der Waals surface area contributed by atoms with Gasteiger partial charge in [0.1, 0.15) is 11.9 Å². The number of esters is 1. The van der Waals surface area contributed by atoms with Gasteiger partial charge in [0.2, 0.25) is 0 Å². The Morgan fingerprint density at radius 1 is 1.27 bits per heavy atom. The van der Waals surface area contributed by atoms with Gasteiger partial charge in [-0.1, -0.05) is 30.3 Å². The maximum absolute atomic E-state index is 12.3. The van der Waals surface area contributed by atoms with E-state index < -0.39 is 11.0 Å². The third-order valence-corrected chi connectivity index (χ3v) is 4.83. The van der Waals surface area contributed by atoms with Crippen molar-refractivity contribution in [3.05, 3.63) is 35.9 Å². The number of thioether (sulfide) groups is 1. The van der Waals surface area contributed by atoms with E-state index in [1.807, 2.05) is 44.2 Å². The Morgan fingerprint density at radius 2 is 1.95 bits per heavy atom. The van der Waals surface area contributed by atoms with E-state index >= 15 is 0 Å². The molecule has 120 valence electrons. The highest BCUT2D eigenvalue weighted by Crippen LogP contribution is 2.40. The number of hydrogen-bond acceptors (Lipinski definition) is 5. The summed E-state index contributed by atoms with van der Waals surface area (Å²) in [6, 6.07) is 9.51. The topological polar surface area (TPSA) is 55.8 Å². The van der Waals surface area contributed by atoms with Gasteiger partial charge < -0.3 is 9.47 Å². The molecule has 0 bridgehead atoms. The van der Waals surface area contributed by atoms with Crippen molar-refractivity contribution in [2.24, 2.45) is 0 Å². The predicted octanol–water partition coefficient (Wildman–Crippen LogP) is 3.04. The van der Waals surface area contributed by atoms with Crippen molar-refractivity contribution < 1.29 is 19.1 Å². The Morgan fingerprint density at radius 3 is 2.59 bits per heavy atom. The largest absolute Gasteiger partial charge is 0.465 e. The van der Waals surface area contributed by atoms with Gasteiger partial charge >= 0.3 is 12.1 Å². The maximum atomic E-state index is 12.3. The van der Waals surface area contributed by atoms with E-state index in [4.69, 9.17) is 9.47 Å². The molecular weight excluding hydrogens is 302 g/mol. The van der Waals surface area contributed by atoms with Gasteiger partial charge in [-0.25, -0.2) is 4.79 Å². The van der Waals surface area contributed by atoms with Crippen molar-refractivity contribution in [1.82, 2.24) is 4.90 Å². The van der Waals surface area contributed by atoms with Crippen LogP contribution in [0.3, 0.4) is 0 Å². The lowest BCUT2D eigenvalue weighted by molar-refractivity contribution is -0.142. The molecule has 0 N–H and O–H groups in total. The van der Waals surface area contributed by atoms with Crippen LogP contribution in [0.25, 0.3) is 0 Å². The van der Waals surface area contributed by atoms with Crippen molar-refractivity contribution in [2.45, 2.75) is 37.5 Å². The highest BCUT2D eigenvalue weighted by atomic mass is 32.2. The second-order valence-corrected chi connectivity index (χ2v) is 7.26. The Kier molecular flexibility index (Phi) is 5.34. The van der Waals surface area contributed by atoms with Crippen LogP contribution in [0.1, 0.15) is 26.3 Å². The Hall–Kier alpha value is -1.69. The zero-order valence-electron chi connectivity index (χ0n) is 13.1. The van der Waals surface area contributed by atoms with Crippen molar-refractivity contribution in [3.8, 4) is 0 Å². The molecule has 1 aliphatic heterocycles. The van der Waals surface area contributed by atoms with Crippen LogP contribution in [0.2, 0.25) is 0 Å². The molecule has 2 rings (SSSR count). The molecule has 1 atom stereocenters. The van der Waals surface area contributed by atoms with Crippen molar-refractivity contribution in [2.75, 3.05) is 13.2 Å². The van der Waals surface area contributed by atoms with E-state index in [1.165, 1.54) is 11.8 Å². The van der Waals surface area contributed by atoms with Crippen LogP contribution >= 0.6 is 11.8 Å². The van der Waals surface area contributed by atoms with E-state index in [0.717, 1.165) is 5.56 Å². The molecule has 1 heterocycles. The molecule has 5 nitrogen and oxygen atoms in total. The summed E-state index contributed by atoms with van der Waals surface area (Å²) in [5.74, 6) is -0.279. The summed E-state index contributed by atoms with van der Waals surface area (Å²) in [6.45, 7) is 6.45.